The smallest absolute Gasteiger partial charge is 0.219 e. The molecular weight excluding hydrogens is 240 g/mol. The van der Waals surface area contributed by atoms with E-state index in [0.717, 1.165) is 5.56 Å². The highest BCUT2D eigenvalue weighted by molar-refractivity contribution is 5.36. The first kappa shape index (κ1) is 13.1. The van der Waals surface area contributed by atoms with Crippen molar-refractivity contribution in [2.75, 3.05) is 0 Å². The Labute approximate surface area is 111 Å². The van der Waals surface area contributed by atoms with Crippen LogP contribution in [0.4, 0.5) is 0 Å². The molecule has 0 aliphatic heterocycles. The summed E-state index contributed by atoms with van der Waals surface area (Å²) in [6.45, 7) is 4.03. The van der Waals surface area contributed by atoms with Gasteiger partial charge in [0.2, 0.25) is 5.88 Å². The average Bonchev–Trinajstić information content (AvgIpc) is 2.42. The summed E-state index contributed by atoms with van der Waals surface area (Å²) < 4.78 is 5.62. The number of aliphatic hydroxyl groups excluding tert-OH is 1. The summed E-state index contributed by atoms with van der Waals surface area (Å²) in [4.78, 5) is 4.10. The van der Waals surface area contributed by atoms with Gasteiger partial charge in [-0.05, 0) is 43.2 Å². The summed E-state index contributed by atoms with van der Waals surface area (Å²) in [5.74, 6) is 1.04. The summed E-state index contributed by atoms with van der Waals surface area (Å²) in [6, 6.07) is 12.4. The number of nitriles is 1. The number of benzene rings is 1. The molecule has 96 valence electrons. The number of ether oxygens (including phenoxy) is 1. The van der Waals surface area contributed by atoms with Crippen LogP contribution in [0.25, 0.3) is 0 Å². The van der Waals surface area contributed by atoms with Crippen LogP contribution in [0.15, 0.2) is 36.4 Å². The Balaban J connectivity index is 2.24. The van der Waals surface area contributed by atoms with Crippen molar-refractivity contribution >= 4 is 0 Å². The van der Waals surface area contributed by atoms with Crippen LogP contribution >= 0.6 is 0 Å². The molecule has 1 unspecified atom stereocenters. The Bertz CT molecular complexity index is 632. The van der Waals surface area contributed by atoms with Crippen molar-refractivity contribution in [2.45, 2.75) is 20.0 Å². The lowest BCUT2D eigenvalue weighted by molar-refractivity contribution is 0.229. The molecule has 1 aromatic carbocycles. The number of aliphatic hydroxyl groups is 1. The quantitative estimate of drug-likeness (QED) is 0.855. The first-order valence-electron chi connectivity index (χ1n) is 5.90. The average molecular weight is 254 g/mol. The van der Waals surface area contributed by atoms with Crippen LogP contribution in [0.3, 0.4) is 0 Å². The van der Waals surface area contributed by atoms with E-state index in [2.05, 4.69) is 4.98 Å². The molecule has 4 nitrogen and oxygen atoms in total. The molecule has 0 saturated heterocycles. The second-order valence-corrected chi connectivity index (χ2v) is 4.28. The highest BCUT2D eigenvalue weighted by atomic mass is 16.5. The van der Waals surface area contributed by atoms with Gasteiger partial charge in [0.15, 0.2) is 6.10 Å². The summed E-state index contributed by atoms with van der Waals surface area (Å²) in [7, 11) is 0. The van der Waals surface area contributed by atoms with Crippen LogP contribution in [0.2, 0.25) is 0 Å². The number of nitrogens with zero attached hydrogens (tertiary/aromatic N) is 2. The van der Waals surface area contributed by atoms with E-state index in [9.17, 15) is 5.11 Å². The second kappa shape index (κ2) is 5.51. The topological polar surface area (TPSA) is 66.1 Å². The second-order valence-electron chi connectivity index (χ2n) is 4.28. The molecular formula is C15H14N2O2. The summed E-state index contributed by atoms with van der Waals surface area (Å²) in [5, 5.41) is 18.1. The van der Waals surface area contributed by atoms with Gasteiger partial charge in [0, 0.05) is 6.07 Å². The summed E-state index contributed by atoms with van der Waals surface area (Å²) in [6.07, 6.45) is -1.23. The van der Waals surface area contributed by atoms with Gasteiger partial charge in [0.1, 0.15) is 11.8 Å². The molecule has 1 aromatic heterocycles. The number of pyridine rings is 1. The molecule has 19 heavy (non-hydrogen) atoms. The van der Waals surface area contributed by atoms with Gasteiger partial charge in [-0.15, -0.1) is 0 Å². The largest absolute Gasteiger partial charge is 0.439 e. The normalized spacial score (nSPS) is 11.7. The molecule has 0 amide bonds. The van der Waals surface area contributed by atoms with Crippen LogP contribution in [0, 0.1) is 25.2 Å². The maximum absolute atomic E-state index is 9.42. The first-order chi connectivity index (χ1) is 9.10. The van der Waals surface area contributed by atoms with Gasteiger partial charge in [-0.1, -0.05) is 12.1 Å². The number of hydrogen-bond donors (Lipinski definition) is 1. The van der Waals surface area contributed by atoms with E-state index < -0.39 is 6.10 Å². The van der Waals surface area contributed by atoms with Gasteiger partial charge >= 0.3 is 0 Å². The zero-order chi connectivity index (χ0) is 13.8. The van der Waals surface area contributed by atoms with Gasteiger partial charge in [-0.3, -0.25) is 0 Å². The summed E-state index contributed by atoms with van der Waals surface area (Å²) in [5.41, 5.74) is 2.60. The van der Waals surface area contributed by atoms with Crippen LogP contribution < -0.4 is 4.74 Å². The van der Waals surface area contributed by atoms with Gasteiger partial charge < -0.3 is 9.84 Å². The molecule has 0 spiro atoms. The van der Waals surface area contributed by atoms with Crippen molar-refractivity contribution in [1.82, 2.24) is 4.98 Å². The van der Waals surface area contributed by atoms with E-state index in [4.69, 9.17) is 10.00 Å². The van der Waals surface area contributed by atoms with E-state index in [1.807, 2.05) is 32.0 Å². The van der Waals surface area contributed by atoms with Crippen molar-refractivity contribution in [3.05, 3.63) is 53.2 Å². The van der Waals surface area contributed by atoms with Crippen LogP contribution in [0.1, 0.15) is 22.9 Å². The third-order valence-electron chi connectivity index (χ3n) is 2.85. The zero-order valence-electron chi connectivity index (χ0n) is 10.8. The van der Waals surface area contributed by atoms with Gasteiger partial charge in [0.25, 0.3) is 0 Å². The number of rotatable bonds is 3. The fraction of sp³-hybridized carbons (Fsp3) is 0.200. The van der Waals surface area contributed by atoms with Gasteiger partial charge in [-0.2, -0.15) is 5.26 Å². The molecule has 0 aliphatic carbocycles. The Morgan fingerprint density at radius 1 is 1.21 bits per heavy atom. The third-order valence-corrected chi connectivity index (χ3v) is 2.85. The fourth-order valence-electron chi connectivity index (χ4n) is 1.60. The lowest BCUT2D eigenvalue weighted by Gasteiger charge is -2.08. The van der Waals surface area contributed by atoms with Crippen LogP contribution in [-0.4, -0.2) is 10.1 Å². The minimum absolute atomic E-state index is 0.281. The van der Waals surface area contributed by atoms with Gasteiger partial charge in [-0.25, -0.2) is 4.98 Å². The molecule has 0 radical (unpaired) electrons. The molecule has 1 heterocycles. The Kier molecular flexibility index (Phi) is 3.79. The van der Waals surface area contributed by atoms with E-state index in [1.165, 1.54) is 5.56 Å². The molecule has 2 rings (SSSR count). The van der Waals surface area contributed by atoms with Crippen molar-refractivity contribution in [3.63, 3.8) is 0 Å². The Morgan fingerprint density at radius 2 is 2.00 bits per heavy atom. The standard InChI is InChI=1S/C15H14N2O2/c1-10-6-7-12(8-11(10)2)19-15-5-3-4-13(17-15)14(18)9-16/h3-8,14,18H,1-2H3. The Hall–Kier alpha value is -2.38. The zero-order valence-corrected chi connectivity index (χ0v) is 10.8. The maximum Gasteiger partial charge on any atom is 0.219 e. The third kappa shape index (κ3) is 3.09. The van der Waals surface area contributed by atoms with Crippen molar-refractivity contribution in [2.24, 2.45) is 0 Å². The predicted molar refractivity (Wildman–Crippen MR) is 70.8 cm³/mol. The SMILES string of the molecule is Cc1ccc(Oc2cccc(C(O)C#N)n2)cc1C. The molecule has 4 heteroatoms. The highest BCUT2D eigenvalue weighted by Gasteiger charge is 2.09. The van der Waals surface area contributed by atoms with Crippen molar-refractivity contribution in [3.8, 4) is 17.7 Å². The highest BCUT2D eigenvalue weighted by Crippen LogP contribution is 2.23. The molecule has 2 aromatic rings. The minimum Gasteiger partial charge on any atom is -0.439 e. The van der Waals surface area contributed by atoms with E-state index in [0.29, 0.717) is 11.6 Å². The molecule has 0 bridgehead atoms. The first-order valence-corrected chi connectivity index (χ1v) is 5.90. The number of hydrogen-bond acceptors (Lipinski definition) is 4. The molecule has 1 atom stereocenters. The Morgan fingerprint density at radius 3 is 2.68 bits per heavy atom. The fourth-order valence-corrected chi connectivity index (χ4v) is 1.60. The maximum atomic E-state index is 9.42. The van der Waals surface area contributed by atoms with Gasteiger partial charge in [0.05, 0.1) is 5.69 Å². The lowest BCUT2D eigenvalue weighted by Crippen LogP contribution is -1.98. The molecule has 0 aliphatic rings. The van der Waals surface area contributed by atoms with Crippen molar-refractivity contribution in [1.29, 1.82) is 5.26 Å². The predicted octanol–water partition coefficient (Wildman–Crippen LogP) is 3.05. The van der Waals surface area contributed by atoms with Crippen molar-refractivity contribution < 1.29 is 9.84 Å². The van der Waals surface area contributed by atoms with E-state index in [1.54, 1.807) is 24.3 Å². The van der Waals surface area contributed by atoms with E-state index in [-0.39, 0.29) is 5.69 Å². The van der Waals surface area contributed by atoms with Crippen LogP contribution in [-0.2, 0) is 0 Å². The lowest BCUT2D eigenvalue weighted by atomic mass is 10.1. The summed E-state index contributed by atoms with van der Waals surface area (Å²) >= 11 is 0. The number of aryl methyl sites for hydroxylation is 2. The molecule has 0 fully saturated rings. The van der Waals surface area contributed by atoms with E-state index >= 15 is 0 Å². The monoisotopic (exact) mass is 254 g/mol. The number of aromatic nitrogens is 1. The minimum atomic E-state index is -1.23. The van der Waals surface area contributed by atoms with Crippen LogP contribution in [0.5, 0.6) is 11.6 Å². The molecule has 0 saturated carbocycles. The molecule has 1 N–H and O–H groups in total.